The lowest BCUT2D eigenvalue weighted by atomic mass is 9.93. The number of likely N-dealkylation sites (tertiary alicyclic amines) is 1. The number of carbonyl (C=O) groups excluding carboxylic acids is 1. The van der Waals surface area contributed by atoms with Crippen LogP contribution in [0.3, 0.4) is 0 Å². The van der Waals surface area contributed by atoms with E-state index in [0.717, 1.165) is 16.7 Å². The highest BCUT2D eigenvalue weighted by Crippen LogP contribution is 2.32. The van der Waals surface area contributed by atoms with Gasteiger partial charge in [-0.15, -0.1) is 0 Å². The van der Waals surface area contributed by atoms with Gasteiger partial charge in [-0.25, -0.2) is 13.2 Å². The molecule has 1 aliphatic rings. The maximum absolute atomic E-state index is 13.4. The van der Waals surface area contributed by atoms with Crippen LogP contribution < -0.4 is 5.32 Å². The van der Waals surface area contributed by atoms with E-state index in [1.54, 1.807) is 43.5 Å². The number of thioether (sulfide) groups is 1. The van der Waals surface area contributed by atoms with Gasteiger partial charge in [-0.3, -0.25) is 9.69 Å². The Kier molecular flexibility index (Phi) is 10.8. The molecule has 3 aromatic rings. The van der Waals surface area contributed by atoms with E-state index >= 15 is 0 Å². The molecule has 10 heteroatoms. The minimum atomic E-state index is -3.51. The summed E-state index contributed by atoms with van der Waals surface area (Å²) in [6.45, 7) is 3.21. The molecule has 0 unspecified atom stereocenters. The first kappa shape index (κ1) is 31.7. The van der Waals surface area contributed by atoms with Crippen molar-refractivity contribution in [1.82, 2.24) is 10.2 Å². The van der Waals surface area contributed by atoms with Crippen molar-refractivity contribution in [3.8, 4) is 11.1 Å². The molecule has 1 saturated heterocycles. The van der Waals surface area contributed by atoms with Crippen molar-refractivity contribution in [1.29, 1.82) is 0 Å². The van der Waals surface area contributed by atoms with Gasteiger partial charge in [-0.1, -0.05) is 48.5 Å². The highest BCUT2D eigenvalue weighted by atomic mass is 32.2. The number of sulfone groups is 1. The number of aryl methyl sites for hydroxylation is 1. The lowest BCUT2D eigenvalue weighted by molar-refractivity contribution is -0.139. The van der Waals surface area contributed by atoms with Gasteiger partial charge in [0.2, 0.25) is 0 Å². The normalized spacial score (nSPS) is 18.1. The molecule has 3 aromatic carbocycles. The average molecular weight is 611 g/mol. The molecular weight excluding hydrogens is 572 g/mol. The van der Waals surface area contributed by atoms with Crippen molar-refractivity contribution < 1.29 is 27.9 Å². The Labute approximate surface area is 252 Å². The van der Waals surface area contributed by atoms with Crippen LogP contribution in [0.4, 0.5) is 0 Å². The Balaban J connectivity index is 1.64. The molecular formula is C32H38N2O6S2. The molecule has 1 amide bonds. The molecule has 0 aliphatic carbocycles. The summed E-state index contributed by atoms with van der Waals surface area (Å²) in [5.41, 5.74) is 3.87. The number of carbonyl (C=O) groups is 2. The molecule has 4 rings (SSSR count). The zero-order valence-electron chi connectivity index (χ0n) is 24.2. The van der Waals surface area contributed by atoms with E-state index in [4.69, 9.17) is 4.74 Å². The summed E-state index contributed by atoms with van der Waals surface area (Å²) >= 11 is 1.53. The number of benzene rings is 3. The van der Waals surface area contributed by atoms with Gasteiger partial charge in [0.05, 0.1) is 16.8 Å². The maximum atomic E-state index is 13.4. The summed E-state index contributed by atoms with van der Waals surface area (Å²) in [5, 5.41) is 11.8. The second kappa shape index (κ2) is 14.3. The van der Waals surface area contributed by atoms with Crippen LogP contribution in [0.15, 0.2) is 77.7 Å². The van der Waals surface area contributed by atoms with Crippen molar-refractivity contribution in [2.45, 2.75) is 48.5 Å². The number of hydrogen-bond donors (Lipinski definition) is 2. The van der Waals surface area contributed by atoms with Crippen molar-refractivity contribution in [3.63, 3.8) is 0 Å². The van der Waals surface area contributed by atoms with E-state index in [-0.39, 0.29) is 6.04 Å². The SMILES string of the molecule is COC[C@H]1C[C@@H](S(=O)(=O)c2ccccc2)CN1Cc1ccc(C(=O)N[C@H](CCSC)C(=O)O)c(-c2ccccc2C)c1. The molecule has 1 fully saturated rings. The molecule has 0 aromatic heterocycles. The molecule has 224 valence electrons. The van der Waals surface area contributed by atoms with Crippen LogP contribution in [0.2, 0.25) is 0 Å². The quantitative estimate of drug-likeness (QED) is 0.287. The van der Waals surface area contributed by atoms with Crippen LogP contribution in [0.25, 0.3) is 11.1 Å². The summed E-state index contributed by atoms with van der Waals surface area (Å²) in [6, 6.07) is 20.8. The van der Waals surface area contributed by atoms with Gasteiger partial charge < -0.3 is 15.2 Å². The van der Waals surface area contributed by atoms with Crippen LogP contribution in [0.1, 0.15) is 34.3 Å². The first-order chi connectivity index (χ1) is 20.1. The number of hydrogen-bond acceptors (Lipinski definition) is 7. The largest absolute Gasteiger partial charge is 0.480 e. The van der Waals surface area contributed by atoms with Crippen LogP contribution >= 0.6 is 11.8 Å². The summed E-state index contributed by atoms with van der Waals surface area (Å²) < 4.78 is 32.3. The molecule has 2 N–H and O–H groups in total. The minimum Gasteiger partial charge on any atom is -0.480 e. The van der Waals surface area contributed by atoms with Gasteiger partial charge in [-0.2, -0.15) is 11.8 Å². The fourth-order valence-electron chi connectivity index (χ4n) is 5.47. The summed E-state index contributed by atoms with van der Waals surface area (Å²) in [4.78, 5) is 27.7. The highest BCUT2D eigenvalue weighted by molar-refractivity contribution is 7.98. The van der Waals surface area contributed by atoms with E-state index in [1.807, 2.05) is 49.6 Å². The second-order valence-electron chi connectivity index (χ2n) is 10.6. The fourth-order valence-corrected chi connectivity index (χ4v) is 7.73. The second-order valence-corrected chi connectivity index (χ2v) is 13.8. The number of nitrogens with zero attached hydrogens (tertiary/aromatic N) is 1. The third-order valence-electron chi connectivity index (χ3n) is 7.72. The third kappa shape index (κ3) is 7.42. The van der Waals surface area contributed by atoms with Crippen LogP contribution in [-0.4, -0.2) is 79.9 Å². The molecule has 8 nitrogen and oxygen atoms in total. The molecule has 1 heterocycles. The molecule has 0 saturated carbocycles. The van der Waals surface area contributed by atoms with Crippen molar-refractivity contribution in [2.75, 3.05) is 32.3 Å². The topological polar surface area (TPSA) is 113 Å². The monoisotopic (exact) mass is 610 g/mol. The lowest BCUT2D eigenvalue weighted by Gasteiger charge is -2.24. The van der Waals surface area contributed by atoms with E-state index in [0.29, 0.717) is 54.3 Å². The molecule has 42 heavy (non-hydrogen) atoms. The molecule has 0 spiro atoms. The third-order valence-corrected chi connectivity index (χ3v) is 10.5. The van der Waals surface area contributed by atoms with Crippen molar-refractivity contribution >= 4 is 33.5 Å². The number of rotatable bonds is 13. The highest BCUT2D eigenvalue weighted by Gasteiger charge is 2.40. The number of methoxy groups -OCH3 is 1. The number of amides is 1. The Morgan fingerprint density at radius 3 is 2.45 bits per heavy atom. The zero-order chi connectivity index (χ0) is 30.3. The molecule has 0 bridgehead atoms. The summed E-state index contributed by atoms with van der Waals surface area (Å²) in [5.74, 6) is -0.897. The molecule has 1 aliphatic heterocycles. The Morgan fingerprint density at radius 1 is 1.07 bits per heavy atom. The van der Waals surface area contributed by atoms with Gasteiger partial charge in [0, 0.05) is 31.8 Å². The Bertz CT molecular complexity index is 1500. The van der Waals surface area contributed by atoms with Gasteiger partial charge in [0.15, 0.2) is 9.84 Å². The molecule has 0 radical (unpaired) electrons. The van der Waals surface area contributed by atoms with Crippen LogP contribution in [0, 0.1) is 6.92 Å². The standard InChI is InChI=1S/C32H38N2O6S2/c1-22-9-7-8-12-27(22)29-17-23(13-14-28(29)31(35)33-30(32(36)37)15-16-41-3)19-34-20-26(18-24(34)21-40-2)42(38,39)25-10-5-4-6-11-25/h4-14,17,24,26,30H,15-16,18-21H2,1-3H3,(H,33,35)(H,36,37)/t24-,26-,30-/m1/s1. The number of carboxylic acid groups (broad SMARTS) is 1. The van der Waals surface area contributed by atoms with Gasteiger partial charge in [0.25, 0.3) is 5.91 Å². The lowest BCUT2D eigenvalue weighted by Crippen LogP contribution is -2.41. The van der Waals surface area contributed by atoms with Crippen LogP contribution in [0.5, 0.6) is 0 Å². The van der Waals surface area contributed by atoms with E-state index < -0.39 is 33.0 Å². The van der Waals surface area contributed by atoms with Crippen LogP contribution in [-0.2, 0) is 25.9 Å². The summed E-state index contributed by atoms with van der Waals surface area (Å²) in [6.07, 6.45) is 2.68. The minimum absolute atomic E-state index is 0.0869. The van der Waals surface area contributed by atoms with E-state index in [1.165, 1.54) is 11.8 Å². The van der Waals surface area contributed by atoms with Gasteiger partial charge in [0.1, 0.15) is 6.04 Å². The maximum Gasteiger partial charge on any atom is 0.326 e. The van der Waals surface area contributed by atoms with E-state index in [9.17, 15) is 23.1 Å². The zero-order valence-corrected chi connectivity index (χ0v) is 25.8. The van der Waals surface area contributed by atoms with Crippen molar-refractivity contribution in [2.24, 2.45) is 0 Å². The fraction of sp³-hybridized carbons (Fsp3) is 0.375. The number of aliphatic carboxylic acids is 1. The van der Waals surface area contributed by atoms with E-state index in [2.05, 4.69) is 10.2 Å². The Morgan fingerprint density at radius 2 is 1.79 bits per heavy atom. The van der Waals surface area contributed by atoms with Gasteiger partial charge in [-0.05, 0) is 78.3 Å². The average Bonchev–Trinajstić information content (AvgIpc) is 3.38. The predicted octanol–water partition coefficient (Wildman–Crippen LogP) is 4.66. The van der Waals surface area contributed by atoms with Gasteiger partial charge >= 0.3 is 5.97 Å². The summed E-state index contributed by atoms with van der Waals surface area (Å²) in [7, 11) is -1.90. The number of ether oxygens (including phenoxy) is 1. The first-order valence-electron chi connectivity index (χ1n) is 13.9. The smallest absolute Gasteiger partial charge is 0.326 e. The number of nitrogens with one attached hydrogen (secondary N) is 1. The van der Waals surface area contributed by atoms with Crippen molar-refractivity contribution in [3.05, 3.63) is 89.5 Å². The Hall–Kier alpha value is -3.18. The number of carboxylic acids is 1. The molecule has 3 atom stereocenters. The predicted molar refractivity (Wildman–Crippen MR) is 167 cm³/mol. The first-order valence-corrected chi connectivity index (χ1v) is 16.8.